The Bertz CT molecular complexity index is 1040. The van der Waals surface area contributed by atoms with Gasteiger partial charge in [0.15, 0.2) is 5.78 Å². The Hall–Kier alpha value is -2.49. The molecule has 172 valence electrons. The molecule has 0 amide bonds. The van der Waals surface area contributed by atoms with Gasteiger partial charge in [0, 0.05) is 25.7 Å². The van der Waals surface area contributed by atoms with Crippen LogP contribution in [0, 0.1) is 5.82 Å². The fraction of sp³-hybridized carbons (Fsp3) is 0.435. The number of benzene rings is 2. The Morgan fingerprint density at radius 1 is 1.03 bits per heavy atom. The molecule has 0 aromatic heterocycles. The molecule has 0 saturated carbocycles. The van der Waals surface area contributed by atoms with Crippen LogP contribution in [-0.4, -0.2) is 64.6 Å². The molecule has 2 aromatic carbocycles. The maximum Gasteiger partial charge on any atom is 0.264 e. The minimum Gasteiger partial charge on any atom is -0.497 e. The van der Waals surface area contributed by atoms with E-state index in [0.29, 0.717) is 50.4 Å². The highest BCUT2D eigenvalue weighted by Crippen LogP contribution is 2.32. The average molecular weight is 463 g/mol. The van der Waals surface area contributed by atoms with Gasteiger partial charge in [-0.2, -0.15) is 0 Å². The van der Waals surface area contributed by atoms with Crippen molar-refractivity contribution in [1.82, 2.24) is 4.90 Å². The second-order valence-electron chi connectivity index (χ2n) is 8.04. The molecule has 2 fully saturated rings. The molecule has 2 aromatic rings. The molecule has 0 radical (unpaired) electrons. The van der Waals surface area contributed by atoms with E-state index in [4.69, 9.17) is 9.47 Å². The van der Waals surface area contributed by atoms with Crippen molar-refractivity contribution >= 4 is 21.5 Å². The van der Waals surface area contributed by atoms with Crippen LogP contribution in [0.25, 0.3) is 0 Å². The summed E-state index contributed by atoms with van der Waals surface area (Å²) in [5, 5.41) is 0. The van der Waals surface area contributed by atoms with Crippen LogP contribution in [0.2, 0.25) is 0 Å². The van der Waals surface area contributed by atoms with E-state index in [1.54, 1.807) is 12.1 Å². The van der Waals surface area contributed by atoms with Crippen LogP contribution in [0.3, 0.4) is 0 Å². The van der Waals surface area contributed by atoms with Crippen LogP contribution in [0.4, 0.5) is 10.1 Å². The van der Waals surface area contributed by atoms with Gasteiger partial charge in [0.1, 0.15) is 18.2 Å². The number of carbonyl (C=O) groups excluding carboxylic acids is 1. The first kappa shape index (κ1) is 22.7. The van der Waals surface area contributed by atoms with Gasteiger partial charge in [-0.3, -0.25) is 14.0 Å². The number of anilines is 1. The third-order valence-electron chi connectivity index (χ3n) is 6.12. The number of hydrogen-bond acceptors (Lipinski definition) is 6. The lowest BCUT2D eigenvalue weighted by Crippen LogP contribution is -2.53. The highest BCUT2D eigenvalue weighted by atomic mass is 32.2. The maximum atomic E-state index is 13.7. The van der Waals surface area contributed by atoms with Crippen LogP contribution in [0.1, 0.15) is 19.3 Å². The first-order valence-corrected chi connectivity index (χ1v) is 12.1. The molecule has 2 saturated heterocycles. The predicted molar refractivity (Wildman–Crippen MR) is 118 cm³/mol. The number of halogens is 1. The number of rotatable bonds is 6. The van der Waals surface area contributed by atoms with Crippen molar-refractivity contribution in [1.29, 1.82) is 0 Å². The highest BCUT2D eigenvalue weighted by molar-refractivity contribution is 7.92. The van der Waals surface area contributed by atoms with Crippen LogP contribution in [0.15, 0.2) is 53.4 Å². The first-order chi connectivity index (χ1) is 15.4. The Labute approximate surface area is 187 Å². The summed E-state index contributed by atoms with van der Waals surface area (Å²) < 4.78 is 52.7. The average Bonchev–Trinajstić information content (AvgIpc) is 2.81. The molecule has 0 N–H and O–H groups in total. The summed E-state index contributed by atoms with van der Waals surface area (Å²) in [6, 6.07) is 11.3. The molecular weight excluding hydrogens is 435 g/mol. The number of ether oxygens (including phenoxy) is 2. The summed E-state index contributed by atoms with van der Waals surface area (Å²) in [6.07, 6.45) is 1.80. The van der Waals surface area contributed by atoms with Crippen LogP contribution >= 0.6 is 0 Å². The van der Waals surface area contributed by atoms with Crippen molar-refractivity contribution in [2.45, 2.75) is 36.2 Å². The monoisotopic (exact) mass is 462 g/mol. The summed E-state index contributed by atoms with van der Waals surface area (Å²) in [4.78, 5) is 14.5. The molecule has 1 unspecified atom stereocenters. The standard InChI is InChI=1S/C23H27FN2O5S/c1-30-20-6-8-21(9-7-20)32(28,29)26(18-4-2-17(24)3-5-18)19-10-13-25(14-11-19)22-12-15-31-16-23(22)27/h2-9,19,22H,10-16H2,1H3. The molecule has 0 spiro atoms. The van der Waals surface area contributed by atoms with E-state index in [1.807, 2.05) is 0 Å². The number of carbonyl (C=O) groups is 1. The number of nitrogens with zero attached hydrogens (tertiary/aromatic N) is 2. The summed E-state index contributed by atoms with van der Waals surface area (Å²) in [5.74, 6) is 0.214. The Balaban J connectivity index is 1.60. The third-order valence-corrected chi connectivity index (χ3v) is 8.02. The number of ketones is 1. The number of hydrogen-bond donors (Lipinski definition) is 0. The van der Waals surface area contributed by atoms with Crippen molar-refractivity contribution in [3.8, 4) is 5.75 Å². The largest absolute Gasteiger partial charge is 0.497 e. The lowest BCUT2D eigenvalue weighted by atomic mass is 9.99. The SMILES string of the molecule is COc1ccc(S(=O)(=O)N(c2ccc(F)cc2)C2CCN(C3CCOCC3=O)CC2)cc1. The number of likely N-dealkylation sites (tertiary alicyclic amines) is 1. The third kappa shape index (κ3) is 4.65. The van der Waals surface area contributed by atoms with Crippen LogP contribution in [-0.2, 0) is 19.6 Å². The van der Waals surface area contributed by atoms with E-state index in [1.165, 1.54) is 47.8 Å². The van der Waals surface area contributed by atoms with Crippen molar-refractivity contribution in [3.05, 3.63) is 54.3 Å². The van der Waals surface area contributed by atoms with Crippen molar-refractivity contribution in [2.75, 3.05) is 37.7 Å². The molecule has 1 atom stereocenters. The fourth-order valence-electron chi connectivity index (χ4n) is 4.44. The molecule has 4 rings (SSSR count). The van der Waals surface area contributed by atoms with Gasteiger partial charge in [-0.05, 0) is 67.8 Å². The zero-order valence-electron chi connectivity index (χ0n) is 17.9. The van der Waals surface area contributed by atoms with Gasteiger partial charge in [0.2, 0.25) is 0 Å². The number of methoxy groups -OCH3 is 1. The number of piperidine rings is 1. The van der Waals surface area contributed by atoms with Gasteiger partial charge in [0.25, 0.3) is 10.0 Å². The second-order valence-corrected chi connectivity index (χ2v) is 9.86. The quantitative estimate of drug-likeness (QED) is 0.657. The van der Waals surface area contributed by atoms with Crippen LogP contribution in [0.5, 0.6) is 5.75 Å². The van der Waals surface area contributed by atoms with E-state index in [0.717, 1.165) is 0 Å². The maximum absolute atomic E-state index is 13.7. The first-order valence-electron chi connectivity index (χ1n) is 10.7. The number of Topliss-reactive ketones (excluding diaryl/α,β-unsaturated/α-hetero) is 1. The molecule has 2 heterocycles. The van der Waals surface area contributed by atoms with Crippen LogP contribution < -0.4 is 9.04 Å². The fourth-order valence-corrected chi connectivity index (χ4v) is 6.15. The lowest BCUT2D eigenvalue weighted by Gasteiger charge is -2.42. The second kappa shape index (κ2) is 9.56. The van der Waals surface area contributed by atoms with Crippen molar-refractivity contribution in [2.24, 2.45) is 0 Å². The normalized spacial score (nSPS) is 20.8. The summed E-state index contributed by atoms with van der Waals surface area (Å²) in [6.45, 7) is 1.91. The molecule has 7 nitrogen and oxygen atoms in total. The lowest BCUT2D eigenvalue weighted by molar-refractivity contribution is -0.134. The van der Waals surface area contributed by atoms with E-state index in [9.17, 15) is 17.6 Å². The van der Waals surface area contributed by atoms with Gasteiger partial charge in [-0.1, -0.05) is 0 Å². The molecule has 0 bridgehead atoms. The zero-order chi connectivity index (χ0) is 22.7. The summed E-state index contributed by atoms with van der Waals surface area (Å²) in [5.41, 5.74) is 0.419. The molecule has 2 aliphatic heterocycles. The van der Waals surface area contributed by atoms with Crippen molar-refractivity contribution in [3.63, 3.8) is 0 Å². The van der Waals surface area contributed by atoms with Crippen molar-refractivity contribution < 1.29 is 27.1 Å². The van der Waals surface area contributed by atoms with E-state index in [2.05, 4.69) is 4.90 Å². The summed E-state index contributed by atoms with van der Waals surface area (Å²) >= 11 is 0. The van der Waals surface area contributed by atoms with Gasteiger partial charge in [-0.15, -0.1) is 0 Å². The van der Waals surface area contributed by atoms with Gasteiger partial charge < -0.3 is 9.47 Å². The molecular formula is C23H27FN2O5S. The molecule has 2 aliphatic rings. The Morgan fingerprint density at radius 2 is 1.69 bits per heavy atom. The van der Waals surface area contributed by atoms with E-state index >= 15 is 0 Å². The van der Waals surface area contributed by atoms with E-state index in [-0.39, 0.29) is 29.4 Å². The van der Waals surface area contributed by atoms with Gasteiger partial charge in [-0.25, -0.2) is 12.8 Å². The summed E-state index contributed by atoms with van der Waals surface area (Å²) in [7, 11) is -2.38. The Kier molecular flexibility index (Phi) is 6.78. The molecule has 32 heavy (non-hydrogen) atoms. The minimum atomic E-state index is -3.89. The molecule has 0 aliphatic carbocycles. The molecule has 9 heteroatoms. The topological polar surface area (TPSA) is 76.2 Å². The Morgan fingerprint density at radius 3 is 2.28 bits per heavy atom. The number of sulfonamides is 1. The highest BCUT2D eigenvalue weighted by Gasteiger charge is 2.37. The van der Waals surface area contributed by atoms with E-state index < -0.39 is 15.8 Å². The predicted octanol–water partition coefficient (Wildman–Crippen LogP) is 2.85. The zero-order valence-corrected chi connectivity index (χ0v) is 18.8. The smallest absolute Gasteiger partial charge is 0.264 e. The van der Waals surface area contributed by atoms with Gasteiger partial charge in [0.05, 0.1) is 23.7 Å². The van der Waals surface area contributed by atoms with Gasteiger partial charge >= 0.3 is 0 Å². The minimum absolute atomic E-state index is 0.0796.